The molecule has 0 spiro atoms. The minimum atomic E-state index is -0.154. The van der Waals surface area contributed by atoms with Gasteiger partial charge in [-0.15, -0.1) is 0 Å². The average Bonchev–Trinajstić information content (AvgIpc) is 2.87. The van der Waals surface area contributed by atoms with E-state index >= 15 is 0 Å². The molecule has 1 aromatic rings. The molecule has 0 amide bonds. The Morgan fingerprint density at radius 3 is 3.00 bits per heavy atom. The second-order valence-corrected chi connectivity index (χ2v) is 4.19. The zero-order chi connectivity index (χ0) is 8.84. The molecule has 1 saturated carbocycles. The minimum absolute atomic E-state index is 0.154. The Kier molecular flexibility index (Phi) is 1.50. The Bertz CT molecular complexity index is 328. The van der Waals surface area contributed by atoms with Crippen LogP contribution in [0.1, 0.15) is 36.7 Å². The fraction of sp³-hybridized carbons (Fsp3) is 0.700. The first-order chi connectivity index (χ1) is 6.34. The molecule has 13 heavy (non-hydrogen) atoms. The number of aliphatic hydroxyl groups is 1. The molecular formula is C10H14N2O. The normalized spacial score (nSPS) is 27.3. The fourth-order valence-corrected chi connectivity index (χ4v) is 2.12. The van der Waals surface area contributed by atoms with E-state index in [-0.39, 0.29) is 6.10 Å². The molecule has 0 aromatic carbocycles. The van der Waals surface area contributed by atoms with Crippen LogP contribution in [0, 0.1) is 0 Å². The van der Waals surface area contributed by atoms with E-state index in [2.05, 4.69) is 9.55 Å². The highest BCUT2D eigenvalue weighted by molar-refractivity contribution is 5.15. The lowest BCUT2D eigenvalue weighted by Gasteiger charge is -2.21. The van der Waals surface area contributed by atoms with E-state index in [1.54, 1.807) is 0 Å². The van der Waals surface area contributed by atoms with Crippen LogP contribution in [0.25, 0.3) is 0 Å². The molecule has 1 unspecified atom stereocenters. The van der Waals surface area contributed by atoms with Gasteiger partial charge in [0.15, 0.2) is 0 Å². The summed E-state index contributed by atoms with van der Waals surface area (Å²) in [6, 6.07) is 0. The van der Waals surface area contributed by atoms with Gasteiger partial charge >= 0.3 is 0 Å². The van der Waals surface area contributed by atoms with Crippen molar-refractivity contribution in [2.24, 2.45) is 0 Å². The summed E-state index contributed by atoms with van der Waals surface area (Å²) in [6.07, 6.45) is 6.29. The number of rotatable bonds is 1. The van der Waals surface area contributed by atoms with E-state index in [0.29, 0.717) is 5.92 Å². The molecule has 1 aromatic heterocycles. The first kappa shape index (κ1) is 7.56. The second-order valence-electron chi connectivity index (χ2n) is 4.19. The Balaban J connectivity index is 1.99. The van der Waals surface area contributed by atoms with Crippen LogP contribution < -0.4 is 0 Å². The third kappa shape index (κ3) is 1.18. The lowest BCUT2D eigenvalue weighted by molar-refractivity contribution is 0.130. The van der Waals surface area contributed by atoms with Crippen molar-refractivity contribution in [2.75, 3.05) is 0 Å². The molecule has 2 aliphatic rings. The lowest BCUT2D eigenvalue weighted by atomic mass is 10.1. The highest BCUT2D eigenvalue weighted by atomic mass is 16.3. The van der Waals surface area contributed by atoms with Gasteiger partial charge in [-0.3, -0.25) is 0 Å². The van der Waals surface area contributed by atoms with Crippen LogP contribution in [0.3, 0.4) is 0 Å². The summed E-state index contributed by atoms with van der Waals surface area (Å²) in [4.78, 5) is 4.45. The Morgan fingerprint density at radius 1 is 1.38 bits per heavy atom. The molecule has 1 aliphatic carbocycles. The molecule has 1 aliphatic heterocycles. The van der Waals surface area contributed by atoms with Crippen molar-refractivity contribution >= 4 is 0 Å². The molecule has 1 fully saturated rings. The number of aryl methyl sites for hydroxylation is 1. The predicted molar refractivity (Wildman–Crippen MR) is 48.5 cm³/mol. The average molecular weight is 178 g/mol. The van der Waals surface area contributed by atoms with Gasteiger partial charge in [-0.2, -0.15) is 0 Å². The number of imidazole rings is 1. The van der Waals surface area contributed by atoms with Gasteiger partial charge in [0.25, 0.3) is 0 Å². The van der Waals surface area contributed by atoms with Gasteiger partial charge in [0.1, 0.15) is 5.82 Å². The second kappa shape index (κ2) is 2.58. The van der Waals surface area contributed by atoms with Crippen LogP contribution in [-0.4, -0.2) is 20.8 Å². The van der Waals surface area contributed by atoms with Crippen LogP contribution in [-0.2, 0) is 13.0 Å². The quantitative estimate of drug-likeness (QED) is 0.698. The van der Waals surface area contributed by atoms with Gasteiger partial charge in [0.2, 0.25) is 0 Å². The van der Waals surface area contributed by atoms with E-state index < -0.39 is 0 Å². The standard InChI is InChI=1S/C10H14N2O/c13-9-4-3-8-5-11-10(7-1-2-7)12(8)6-9/h5,7,9,13H,1-4,6H2. The van der Waals surface area contributed by atoms with Gasteiger partial charge in [-0.1, -0.05) is 0 Å². The first-order valence-corrected chi connectivity index (χ1v) is 5.07. The summed E-state index contributed by atoms with van der Waals surface area (Å²) in [5.41, 5.74) is 1.31. The topological polar surface area (TPSA) is 38.1 Å². The monoisotopic (exact) mass is 178 g/mol. The maximum atomic E-state index is 9.55. The first-order valence-electron chi connectivity index (χ1n) is 5.07. The summed E-state index contributed by atoms with van der Waals surface area (Å²) >= 11 is 0. The highest BCUT2D eigenvalue weighted by Crippen LogP contribution is 2.40. The summed E-state index contributed by atoms with van der Waals surface area (Å²) in [7, 11) is 0. The van der Waals surface area contributed by atoms with Crippen molar-refractivity contribution in [1.82, 2.24) is 9.55 Å². The molecule has 1 N–H and O–H groups in total. The number of aliphatic hydroxyl groups excluding tert-OH is 1. The van der Waals surface area contributed by atoms with Gasteiger partial charge in [-0.05, 0) is 25.7 Å². The van der Waals surface area contributed by atoms with Gasteiger partial charge in [0, 0.05) is 17.8 Å². The molecule has 70 valence electrons. The molecular weight excluding hydrogens is 164 g/mol. The highest BCUT2D eigenvalue weighted by Gasteiger charge is 2.30. The third-order valence-electron chi connectivity index (χ3n) is 3.04. The largest absolute Gasteiger partial charge is 0.391 e. The molecule has 1 atom stereocenters. The summed E-state index contributed by atoms with van der Waals surface area (Å²) in [6.45, 7) is 0.765. The summed E-state index contributed by atoms with van der Waals surface area (Å²) in [5.74, 6) is 1.91. The van der Waals surface area contributed by atoms with Crippen molar-refractivity contribution in [1.29, 1.82) is 0 Å². The van der Waals surface area contributed by atoms with Crippen LogP contribution in [0.2, 0.25) is 0 Å². The molecule has 0 bridgehead atoms. The van der Waals surface area contributed by atoms with Crippen LogP contribution >= 0.6 is 0 Å². The summed E-state index contributed by atoms with van der Waals surface area (Å²) in [5, 5.41) is 9.55. The van der Waals surface area contributed by atoms with E-state index in [4.69, 9.17) is 0 Å². The molecule has 3 nitrogen and oxygen atoms in total. The van der Waals surface area contributed by atoms with Crippen LogP contribution in [0.5, 0.6) is 0 Å². The summed E-state index contributed by atoms with van der Waals surface area (Å²) < 4.78 is 2.23. The van der Waals surface area contributed by atoms with Gasteiger partial charge in [0.05, 0.1) is 12.6 Å². The van der Waals surface area contributed by atoms with E-state index in [9.17, 15) is 5.11 Å². The third-order valence-corrected chi connectivity index (χ3v) is 3.04. The Hall–Kier alpha value is -0.830. The zero-order valence-corrected chi connectivity index (χ0v) is 7.61. The Morgan fingerprint density at radius 2 is 2.23 bits per heavy atom. The van der Waals surface area contributed by atoms with E-state index in [0.717, 1.165) is 19.4 Å². The minimum Gasteiger partial charge on any atom is -0.391 e. The number of hydrogen-bond donors (Lipinski definition) is 1. The lowest BCUT2D eigenvalue weighted by Crippen LogP contribution is -2.25. The van der Waals surface area contributed by atoms with Gasteiger partial charge in [-0.25, -0.2) is 4.98 Å². The van der Waals surface area contributed by atoms with Gasteiger partial charge < -0.3 is 9.67 Å². The predicted octanol–water partition coefficient (Wildman–Crippen LogP) is 1.07. The van der Waals surface area contributed by atoms with Crippen molar-refractivity contribution in [3.05, 3.63) is 17.7 Å². The maximum absolute atomic E-state index is 9.55. The smallest absolute Gasteiger partial charge is 0.112 e. The van der Waals surface area contributed by atoms with Crippen molar-refractivity contribution < 1.29 is 5.11 Å². The van der Waals surface area contributed by atoms with Crippen molar-refractivity contribution in [3.63, 3.8) is 0 Å². The number of hydrogen-bond acceptors (Lipinski definition) is 2. The van der Waals surface area contributed by atoms with Crippen molar-refractivity contribution in [2.45, 2.75) is 44.2 Å². The Labute approximate surface area is 77.4 Å². The van der Waals surface area contributed by atoms with E-state index in [1.165, 1.54) is 24.4 Å². The number of aromatic nitrogens is 2. The maximum Gasteiger partial charge on any atom is 0.112 e. The van der Waals surface area contributed by atoms with Crippen LogP contribution in [0.4, 0.5) is 0 Å². The number of fused-ring (bicyclic) bond motifs is 1. The van der Waals surface area contributed by atoms with Crippen molar-refractivity contribution in [3.8, 4) is 0 Å². The molecule has 0 radical (unpaired) electrons. The number of nitrogens with zero attached hydrogens (tertiary/aromatic N) is 2. The fourth-order valence-electron chi connectivity index (χ4n) is 2.12. The molecule has 2 heterocycles. The van der Waals surface area contributed by atoms with E-state index in [1.807, 2.05) is 6.20 Å². The SMILES string of the molecule is OC1CCc2cnc(C3CC3)n2C1. The molecule has 3 heteroatoms. The van der Waals surface area contributed by atoms with Crippen LogP contribution in [0.15, 0.2) is 6.20 Å². The molecule has 3 rings (SSSR count). The molecule has 0 saturated heterocycles. The zero-order valence-electron chi connectivity index (χ0n) is 7.61.